The van der Waals surface area contributed by atoms with Crippen molar-refractivity contribution in [2.24, 2.45) is 0 Å². The number of amides is 1. The molecular formula is C18H15N3O5. The Kier molecular flexibility index (Phi) is 5.90. The number of carbonyl (C=O) groups excluding carboxylic acids is 1. The van der Waals surface area contributed by atoms with Crippen molar-refractivity contribution in [1.29, 1.82) is 5.26 Å². The molecule has 0 saturated heterocycles. The highest BCUT2D eigenvalue weighted by atomic mass is 16.6. The molecule has 0 heterocycles. The van der Waals surface area contributed by atoms with Crippen LogP contribution in [0, 0.1) is 21.4 Å². The Balaban J connectivity index is 2.33. The highest BCUT2D eigenvalue weighted by Crippen LogP contribution is 2.32. The first-order valence-corrected chi connectivity index (χ1v) is 7.38. The number of anilines is 1. The summed E-state index contributed by atoms with van der Waals surface area (Å²) in [6, 6.07) is 12.3. The second-order valence-electron chi connectivity index (χ2n) is 5.01. The van der Waals surface area contributed by atoms with Crippen LogP contribution in [-0.4, -0.2) is 25.1 Å². The van der Waals surface area contributed by atoms with Crippen molar-refractivity contribution >= 4 is 23.4 Å². The molecule has 0 saturated carbocycles. The van der Waals surface area contributed by atoms with E-state index in [2.05, 4.69) is 5.32 Å². The van der Waals surface area contributed by atoms with Gasteiger partial charge < -0.3 is 14.8 Å². The van der Waals surface area contributed by atoms with Crippen LogP contribution in [0.1, 0.15) is 5.56 Å². The third-order valence-corrected chi connectivity index (χ3v) is 3.41. The molecule has 0 unspecified atom stereocenters. The molecule has 0 bridgehead atoms. The summed E-state index contributed by atoms with van der Waals surface area (Å²) in [7, 11) is 2.93. The van der Waals surface area contributed by atoms with Gasteiger partial charge in [-0.3, -0.25) is 14.9 Å². The van der Waals surface area contributed by atoms with Gasteiger partial charge in [0.15, 0.2) is 11.5 Å². The van der Waals surface area contributed by atoms with E-state index >= 15 is 0 Å². The molecule has 8 nitrogen and oxygen atoms in total. The van der Waals surface area contributed by atoms with E-state index in [1.807, 2.05) is 6.07 Å². The molecule has 0 fully saturated rings. The van der Waals surface area contributed by atoms with Gasteiger partial charge in [-0.1, -0.05) is 18.2 Å². The molecular weight excluding hydrogens is 338 g/mol. The van der Waals surface area contributed by atoms with Gasteiger partial charge in [-0.05, 0) is 18.2 Å². The van der Waals surface area contributed by atoms with Crippen LogP contribution in [0.25, 0.3) is 6.08 Å². The van der Waals surface area contributed by atoms with Crippen LogP contribution in [0.2, 0.25) is 0 Å². The van der Waals surface area contributed by atoms with Crippen LogP contribution in [-0.2, 0) is 4.79 Å². The molecule has 2 aromatic rings. The summed E-state index contributed by atoms with van der Waals surface area (Å²) in [5.74, 6) is 0.140. The van der Waals surface area contributed by atoms with E-state index in [-0.39, 0.29) is 16.9 Å². The molecule has 0 aliphatic rings. The smallest absolute Gasteiger partial charge is 0.271 e. The molecule has 26 heavy (non-hydrogen) atoms. The quantitative estimate of drug-likeness (QED) is 0.369. The second kappa shape index (κ2) is 8.30. The van der Waals surface area contributed by atoms with Gasteiger partial charge in [0.2, 0.25) is 0 Å². The van der Waals surface area contributed by atoms with Crippen molar-refractivity contribution < 1.29 is 19.2 Å². The van der Waals surface area contributed by atoms with Gasteiger partial charge >= 0.3 is 0 Å². The van der Waals surface area contributed by atoms with E-state index in [0.717, 1.165) is 0 Å². The lowest BCUT2D eigenvalue weighted by atomic mass is 10.1. The zero-order valence-electron chi connectivity index (χ0n) is 14.1. The van der Waals surface area contributed by atoms with Crippen molar-refractivity contribution in [3.05, 3.63) is 63.7 Å². The molecule has 0 radical (unpaired) electrons. The molecule has 0 aliphatic heterocycles. The Morgan fingerprint density at radius 2 is 1.96 bits per heavy atom. The largest absolute Gasteiger partial charge is 0.493 e. The maximum atomic E-state index is 12.3. The molecule has 0 atom stereocenters. The number of methoxy groups -OCH3 is 2. The number of nitro benzene ring substituents is 1. The molecule has 2 rings (SSSR count). The average molecular weight is 353 g/mol. The highest BCUT2D eigenvalue weighted by molar-refractivity contribution is 6.10. The zero-order valence-corrected chi connectivity index (χ0v) is 14.1. The Hall–Kier alpha value is -3.86. The first-order valence-electron chi connectivity index (χ1n) is 7.38. The fourth-order valence-electron chi connectivity index (χ4n) is 2.23. The average Bonchev–Trinajstić information content (AvgIpc) is 2.65. The second-order valence-corrected chi connectivity index (χ2v) is 5.01. The van der Waals surface area contributed by atoms with E-state index in [1.165, 1.54) is 44.6 Å². The minimum absolute atomic E-state index is 0.167. The zero-order chi connectivity index (χ0) is 19.1. The monoisotopic (exact) mass is 353 g/mol. The molecule has 0 spiro atoms. The normalized spacial score (nSPS) is 10.6. The fraction of sp³-hybridized carbons (Fsp3) is 0.111. The number of non-ortho nitro benzene ring substituents is 1. The first-order chi connectivity index (χ1) is 12.5. The van der Waals surface area contributed by atoms with Gasteiger partial charge in [-0.2, -0.15) is 5.26 Å². The van der Waals surface area contributed by atoms with Crippen LogP contribution < -0.4 is 14.8 Å². The molecule has 0 aliphatic carbocycles. The number of nitro groups is 1. The fourth-order valence-corrected chi connectivity index (χ4v) is 2.23. The van der Waals surface area contributed by atoms with Crippen molar-refractivity contribution in [2.45, 2.75) is 0 Å². The number of benzene rings is 2. The SMILES string of the molecule is COc1cccc(/C=C(\C#N)C(=O)Nc2cccc([N+](=O)[O-])c2)c1OC. The highest BCUT2D eigenvalue weighted by Gasteiger charge is 2.14. The third-order valence-electron chi connectivity index (χ3n) is 3.41. The lowest BCUT2D eigenvalue weighted by molar-refractivity contribution is -0.384. The number of nitrogens with one attached hydrogen (secondary N) is 1. The van der Waals surface area contributed by atoms with Crippen molar-refractivity contribution in [3.8, 4) is 17.6 Å². The Morgan fingerprint density at radius 1 is 1.23 bits per heavy atom. The maximum Gasteiger partial charge on any atom is 0.271 e. The maximum absolute atomic E-state index is 12.3. The van der Waals surface area contributed by atoms with Gasteiger partial charge in [-0.25, -0.2) is 0 Å². The summed E-state index contributed by atoms with van der Waals surface area (Å²) >= 11 is 0. The van der Waals surface area contributed by atoms with Crippen molar-refractivity contribution in [3.63, 3.8) is 0 Å². The lowest BCUT2D eigenvalue weighted by Crippen LogP contribution is -2.13. The van der Waals surface area contributed by atoms with Gasteiger partial charge in [-0.15, -0.1) is 0 Å². The van der Waals surface area contributed by atoms with E-state index in [0.29, 0.717) is 17.1 Å². The molecule has 2 aromatic carbocycles. The third kappa shape index (κ3) is 4.15. The van der Waals surface area contributed by atoms with Gasteiger partial charge in [0, 0.05) is 23.4 Å². The van der Waals surface area contributed by atoms with Gasteiger partial charge in [0.1, 0.15) is 11.6 Å². The number of hydrogen-bond acceptors (Lipinski definition) is 6. The number of hydrogen-bond donors (Lipinski definition) is 1. The minimum atomic E-state index is -0.696. The number of rotatable bonds is 6. The van der Waals surface area contributed by atoms with Gasteiger partial charge in [0.05, 0.1) is 19.1 Å². The van der Waals surface area contributed by atoms with Crippen molar-refractivity contribution in [2.75, 3.05) is 19.5 Å². The summed E-state index contributed by atoms with van der Waals surface area (Å²) in [5, 5.41) is 22.6. The molecule has 1 amide bonds. The summed E-state index contributed by atoms with van der Waals surface area (Å²) in [6.45, 7) is 0. The molecule has 0 aromatic heterocycles. The number of ether oxygens (including phenoxy) is 2. The van der Waals surface area contributed by atoms with Crippen molar-refractivity contribution in [1.82, 2.24) is 0 Å². The van der Waals surface area contributed by atoms with E-state index < -0.39 is 10.8 Å². The number of nitriles is 1. The van der Waals surface area contributed by atoms with Crippen LogP contribution in [0.15, 0.2) is 48.0 Å². The number of nitrogens with zero attached hydrogens (tertiary/aromatic N) is 2. The summed E-state index contributed by atoms with van der Waals surface area (Å²) < 4.78 is 10.4. The van der Waals surface area contributed by atoms with E-state index in [9.17, 15) is 20.2 Å². The Morgan fingerprint density at radius 3 is 2.58 bits per heavy atom. The molecule has 8 heteroatoms. The topological polar surface area (TPSA) is 114 Å². The lowest BCUT2D eigenvalue weighted by Gasteiger charge is -2.10. The number of carbonyl (C=O) groups is 1. The minimum Gasteiger partial charge on any atom is -0.493 e. The molecule has 1 N–H and O–H groups in total. The van der Waals surface area contributed by atoms with E-state index in [1.54, 1.807) is 18.2 Å². The van der Waals surface area contributed by atoms with Crippen LogP contribution in [0.4, 0.5) is 11.4 Å². The Labute approximate surface area is 149 Å². The van der Waals surface area contributed by atoms with Crippen LogP contribution in [0.5, 0.6) is 11.5 Å². The predicted molar refractivity (Wildman–Crippen MR) is 94.9 cm³/mol. The van der Waals surface area contributed by atoms with E-state index in [4.69, 9.17) is 9.47 Å². The van der Waals surface area contributed by atoms with Crippen LogP contribution in [0.3, 0.4) is 0 Å². The summed E-state index contributed by atoms with van der Waals surface area (Å²) in [5.41, 5.74) is 0.336. The predicted octanol–water partition coefficient (Wildman–Crippen LogP) is 3.16. The summed E-state index contributed by atoms with van der Waals surface area (Å²) in [4.78, 5) is 22.6. The van der Waals surface area contributed by atoms with Crippen LogP contribution >= 0.6 is 0 Å². The summed E-state index contributed by atoms with van der Waals surface area (Å²) in [6.07, 6.45) is 1.36. The molecule has 132 valence electrons. The standard InChI is InChI=1S/C18H15N3O5/c1-25-16-8-3-5-12(17(16)26-2)9-13(11-19)18(22)20-14-6-4-7-15(10-14)21(23)24/h3-10H,1-2H3,(H,20,22)/b13-9+. The Bertz CT molecular complexity index is 915. The number of para-hydroxylation sites is 1. The van der Waals surface area contributed by atoms with Gasteiger partial charge in [0.25, 0.3) is 11.6 Å². The first kappa shape index (κ1) is 18.5.